The number of anilines is 1. The number of carbonyl (C=O) groups is 2. The van der Waals surface area contributed by atoms with E-state index in [4.69, 9.17) is 16.7 Å². The summed E-state index contributed by atoms with van der Waals surface area (Å²) in [5.41, 5.74) is -1.14. The molecule has 0 saturated heterocycles. The quantitative estimate of drug-likeness (QED) is 0.856. The highest BCUT2D eigenvalue weighted by Gasteiger charge is 2.33. The molecule has 0 fully saturated rings. The summed E-state index contributed by atoms with van der Waals surface area (Å²) in [6, 6.07) is 4.31. The summed E-state index contributed by atoms with van der Waals surface area (Å²) in [5.74, 6) is -1.78. The van der Waals surface area contributed by atoms with E-state index in [1.165, 1.54) is 18.3 Å². The molecule has 128 valence electrons. The van der Waals surface area contributed by atoms with Crippen molar-refractivity contribution in [3.05, 3.63) is 46.7 Å². The zero-order valence-corrected chi connectivity index (χ0v) is 12.7. The van der Waals surface area contributed by atoms with E-state index in [2.05, 4.69) is 10.4 Å². The van der Waals surface area contributed by atoms with Gasteiger partial charge in [0.1, 0.15) is 5.69 Å². The van der Waals surface area contributed by atoms with Crippen LogP contribution in [0.1, 0.15) is 22.5 Å². The van der Waals surface area contributed by atoms with Gasteiger partial charge < -0.3 is 10.4 Å². The van der Waals surface area contributed by atoms with Gasteiger partial charge in [-0.05, 0) is 24.3 Å². The summed E-state index contributed by atoms with van der Waals surface area (Å²) in [7, 11) is 0. The number of aromatic nitrogens is 2. The predicted molar refractivity (Wildman–Crippen MR) is 78.9 cm³/mol. The van der Waals surface area contributed by atoms with Gasteiger partial charge in [-0.15, -0.1) is 0 Å². The smallest absolute Gasteiger partial charge is 0.417 e. The molecule has 1 aromatic carbocycles. The number of alkyl halides is 3. The molecular weight excluding hydrogens is 351 g/mol. The Morgan fingerprint density at radius 3 is 2.62 bits per heavy atom. The van der Waals surface area contributed by atoms with Crippen molar-refractivity contribution in [2.24, 2.45) is 0 Å². The number of carboxylic acid groups (broad SMARTS) is 1. The number of hydrogen-bond donors (Lipinski definition) is 2. The minimum Gasteiger partial charge on any atom is -0.481 e. The summed E-state index contributed by atoms with van der Waals surface area (Å²) in [6.07, 6.45) is -3.61. The SMILES string of the molecule is O=C(O)CCn1nccc1C(=O)Nc1ccc(Cl)c(C(F)(F)F)c1. The van der Waals surface area contributed by atoms with Crippen LogP contribution < -0.4 is 5.32 Å². The number of nitrogens with zero attached hydrogens (tertiary/aromatic N) is 2. The van der Waals surface area contributed by atoms with E-state index in [-0.39, 0.29) is 24.3 Å². The largest absolute Gasteiger partial charge is 0.481 e. The molecule has 1 amide bonds. The molecule has 0 aliphatic rings. The van der Waals surface area contributed by atoms with Crippen LogP contribution in [0.25, 0.3) is 0 Å². The maximum absolute atomic E-state index is 12.8. The summed E-state index contributed by atoms with van der Waals surface area (Å²) >= 11 is 5.51. The van der Waals surface area contributed by atoms with Crippen LogP contribution in [0.3, 0.4) is 0 Å². The average molecular weight is 362 g/mol. The molecule has 0 spiro atoms. The first-order valence-electron chi connectivity index (χ1n) is 6.60. The topological polar surface area (TPSA) is 84.2 Å². The van der Waals surface area contributed by atoms with Gasteiger partial charge in [0.25, 0.3) is 5.91 Å². The van der Waals surface area contributed by atoms with Crippen LogP contribution in [0, 0.1) is 0 Å². The molecule has 0 atom stereocenters. The van der Waals surface area contributed by atoms with Gasteiger partial charge in [-0.1, -0.05) is 11.6 Å². The van der Waals surface area contributed by atoms with Gasteiger partial charge in [0.05, 0.1) is 23.6 Å². The van der Waals surface area contributed by atoms with Crippen molar-refractivity contribution in [1.29, 1.82) is 0 Å². The zero-order chi connectivity index (χ0) is 17.9. The highest BCUT2D eigenvalue weighted by Crippen LogP contribution is 2.36. The van der Waals surface area contributed by atoms with E-state index >= 15 is 0 Å². The molecule has 2 N–H and O–H groups in total. The molecule has 1 aromatic heterocycles. The van der Waals surface area contributed by atoms with Crippen molar-refractivity contribution in [2.75, 3.05) is 5.32 Å². The first kappa shape index (κ1) is 17.8. The second-order valence-corrected chi connectivity index (χ2v) is 5.14. The Hall–Kier alpha value is -2.55. The Morgan fingerprint density at radius 1 is 1.29 bits per heavy atom. The van der Waals surface area contributed by atoms with Gasteiger partial charge in [0.2, 0.25) is 0 Å². The Balaban J connectivity index is 2.19. The number of hydrogen-bond acceptors (Lipinski definition) is 3. The third-order valence-corrected chi connectivity index (χ3v) is 3.35. The number of aliphatic carboxylic acids is 1. The number of nitrogens with one attached hydrogen (secondary N) is 1. The van der Waals surface area contributed by atoms with Crippen molar-refractivity contribution >= 4 is 29.2 Å². The third kappa shape index (κ3) is 4.25. The fraction of sp³-hybridized carbons (Fsp3) is 0.214. The van der Waals surface area contributed by atoms with Gasteiger partial charge in [-0.25, -0.2) is 0 Å². The predicted octanol–water partition coefficient (Wildman–Crippen LogP) is 3.28. The number of benzene rings is 1. The monoisotopic (exact) mass is 361 g/mol. The maximum atomic E-state index is 12.8. The normalized spacial score (nSPS) is 11.3. The fourth-order valence-corrected chi connectivity index (χ4v) is 2.15. The Labute approximate surface area is 138 Å². The minimum atomic E-state index is -4.65. The van der Waals surface area contributed by atoms with Gasteiger partial charge >= 0.3 is 12.1 Å². The molecule has 0 radical (unpaired) electrons. The van der Waals surface area contributed by atoms with Crippen LogP contribution in [-0.2, 0) is 17.5 Å². The summed E-state index contributed by atoms with van der Waals surface area (Å²) in [4.78, 5) is 22.7. The van der Waals surface area contributed by atoms with E-state index in [0.29, 0.717) is 0 Å². The second-order valence-electron chi connectivity index (χ2n) is 4.73. The highest BCUT2D eigenvalue weighted by atomic mass is 35.5. The van der Waals surface area contributed by atoms with Crippen molar-refractivity contribution < 1.29 is 27.9 Å². The molecular formula is C14H11ClF3N3O3. The van der Waals surface area contributed by atoms with Crippen LogP contribution in [0.15, 0.2) is 30.5 Å². The lowest BCUT2D eigenvalue weighted by Crippen LogP contribution is -2.19. The number of carboxylic acids is 1. The van der Waals surface area contributed by atoms with E-state index in [9.17, 15) is 22.8 Å². The lowest BCUT2D eigenvalue weighted by molar-refractivity contribution is -0.138. The molecule has 0 bridgehead atoms. The van der Waals surface area contributed by atoms with Crippen molar-refractivity contribution in [3.63, 3.8) is 0 Å². The average Bonchev–Trinajstić information content (AvgIpc) is 2.94. The standard InChI is InChI=1S/C14H11ClF3N3O3/c15-10-2-1-8(7-9(10)14(16,17)18)20-13(24)11-3-5-19-21(11)6-4-12(22)23/h1-3,5,7H,4,6H2,(H,20,24)(H,22,23). The molecule has 0 aliphatic heterocycles. The second kappa shape index (κ2) is 6.91. The summed E-state index contributed by atoms with van der Waals surface area (Å²) < 4.78 is 39.6. The van der Waals surface area contributed by atoms with Crippen LogP contribution in [-0.4, -0.2) is 26.8 Å². The fourth-order valence-electron chi connectivity index (χ4n) is 1.92. The zero-order valence-electron chi connectivity index (χ0n) is 12.0. The van der Waals surface area contributed by atoms with Crippen LogP contribution in [0.4, 0.5) is 18.9 Å². The Kier molecular flexibility index (Phi) is 5.13. The molecule has 2 aromatic rings. The van der Waals surface area contributed by atoms with Crippen molar-refractivity contribution in [3.8, 4) is 0 Å². The summed E-state index contributed by atoms with van der Waals surface area (Å²) in [5, 5.41) is 14.3. The lowest BCUT2D eigenvalue weighted by Gasteiger charge is -2.12. The van der Waals surface area contributed by atoms with Gasteiger partial charge in [0, 0.05) is 11.9 Å². The van der Waals surface area contributed by atoms with Crippen LogP contribution >= 0.6 is 11.6 Å². The molecule has 6 nitrogen and oxygen atoms in total. The first-order chi connectivity index (χ1) is 11.2. The maximum Gasteiger partial charge on any atom is 0.417 e. The van der Waals surface area contributed by atoms with Gasteiger partial charge in [0.15, 0.2) is 0 Å². The molecule has 24 heavy (non-hydrogen) atoms. The Bertz CT molecular complexity index is 774. The van der Waals surface area contributed by atoms with Gasteiger partial charge in [-0.3, -0.25) is 14.3 Å². The first-order valence-corrected chi connectivity index (χ1v) is 6.98. The van der Waals surface area contributed by atoms with Crippen molar-refractivity contribution in [1.82, 2.24) is 9.78 Å². The molecule has 0 unspecified atom stereocenters. The summed E-state index contributed by atoms with van der Waals surface area (Å²) in [6.45, 7) is -0.0422. The molecule has 0 saturated carbocycles. The number of amides is 1. The molecule has 1 heterocycles. The molecule has 0 aliphatic carbocycles. The Morgan fingerprint density at radius 2 is 2.00 bits per heavy atom. The molecule has 2 rings (SSSR count). The van der Waals surface area contributed by atoms with Crippen LogP contribution in [0.2, 0.25) is 5.02 Å². The van der Waals surface area contributed by atoms with E-state index in [1.54, 1.807) is 0 Å². The molecule has 10 heteroatoms. The van der Waals surface area contributed by atoms with Crippen molar-refractivity contribution in [2.45, 2.75) is 19.1 Å². The minimum absolute atomic E-state index is 0.0276. The van der Waals surface area contributed by atoms with E-state index in [0.717, 1.165) is 16.8 Å². The number of rotatable bonds is 5. The van der Waals surface area contributed by atoms with Crippen LogP contribution in [0.5, 0.6) is 0 Å². The highest BCUT2D eigenvalue weighted by molar-refractivity contribution is 6.31. The number of carbonyl (C=O) groups excluding carboxylic acids is 1. The van der Waals surface area contributed by atoms with E-state index < -0.39 is 28.6 Å². The van der Waals surface area contributed by atoms with E-state index in [1.807, 2.05) is 0 Å². The number of halogens is 4. The number of aryl methyl sites for hydroxylation is 1. The third-order valence-electron chi connectivity index (χ3n) is 3.02. The van der Waals surface area contributed by atoms with Gasteiger partial charge in [-0.2, -0.15) is 18.3 Å². The lowest BCUT2D eigenvalue weighted by atomic mass is 10.2.